The Morgan fingerprint density at radius 3 is 0.755 bits per heavy atom. The fourth-order valence-corrected chi connectivity index (χ4v) is 12.9. The maximum Gasteiger partial charge on any atom is 0.472 e. The smallest absolute Gasteiger partial charge is 0.462 e. The Labute approximate surface area is 575 Å². The van der Waals surface area contributed by atoms with E-state index in [0.29, 0.717) is 31.6 Å². The number of carbonyl (C=O) groups excluding carboxylic acids is 4. The lowest BCUT2D eigenvalue weighted by molar-refractivity contribution is -0.161. The molecule has 0 amide bonds. The highest BCUT2D eigenvalue weighted by molar-refractivity contribution is 7.47. The van der Waals surface area contributed by atoms with Crippen LogP contribution in [0.25, 0.3) is 0 Å². The van der Waals surface area contributed by atoms with Crippen LogP contribution in [0.2, 0.25) is 0 Å². The first-order chi connectivity index (χ1) is 45.2. The van der Waals surface area contributed by atoms with Gasteiger partial charge in [-0.05, 0) is 49.4 Å². The van der Waals surface area contributed by atoms with Crippen molar-refractivity contribution in [3.05, 3.63) is 0 Å². The number of hydrogen-bond donors (Lipinski definition) is 3. The van der Waals surface area contributed by atoms with E-state index in [1.807, 2.05) is 0 Å². The van der Waals surface area contributed by atoms with Crippen LogP contribution in [0.5, 0.6) is 0 Å². The molecule has 0 rings (SSSR count). The third kappa shape index (κ3) is 66.0. The third-order valence-corrected chi connectivity index (χ3v) is 19.9. The van der Waals surface area contributed by atoms with E-state index in [0.717, 1.165) is 120 Å². The van der Waals surface area contributed by atoms with Crippen LogP contribution >= 0.6 is 15.6 Å². The van der Waals surface area contributed by atoms with E-state index in [2.05, 4.69) is 55.4 Å². The zero-order valence-electron chi connectivity index (χ0n) is 61.6. The summed E-state index contributed by atoms with van der Waals surface area (Å²) < 4.78 is 68.5. The molecule has 94 heavy (non-hydrogen) atoms. The average Bonchev–Trinajstić information content (AvgIpc) is 2.72. The number of phosphoric ester groups is 2. The normalized spacial score (nSPS) is 14.7. The van der Waals surface area contributed by atoms with Crippen LogP contribution in [0.4, 0.5) is 0 Å². The van der Waals surface area contributed by atoms with Crippen molar-refractivity contribution in [2.24, 2.45) is 23.7 Å². The molecule has 0 saturated heterocycles. The maximum atomic E-state index is 13.1. The summed E-state index contributed by atoms with van der Waals surface area (Å²) in [6.45, 7) is 14.2. The van der Waals surface area contributed by atoms with Crippen molar-refractivity contribution in [3.8, 4) is 0 Å². The van der Waals surface area contributed by atoms with Gasteiger partial charge in [0.05, 0.1) is 26.4 Å². The molecule has 0 aliphatic rings. The summed E-state index contributed by atoms with van der Waals surface area (Å²) in [7, 11) is -9.91. The van der Waals surface area contributed by atoms with Gasteiger partial charge in [-0.25, -0.2) is 9.13 Å². The monoisotopic (exact) mass is 1380 g/mol. The quantitative estimate of drug-likeness (QED) is 0.0222. The molecule has 19 heteroatoms. The molecule has 0 fully saturated rings. The van der Waals surface area contributed by atoms with E-state index in [9.17, 15) is 43.2 Å². The SMILES string of the molecule is CCC(C)CCCCCCCCCCCCCCCCC(=O)O[C@H](COC(=O)CCCCCCCCC(C)CC)COP(=O)(O)OCC(O)COP(=O)(O)OC[C@@H](COC(=O)CCCCCCCCCC(C)C)OC(=O)CCCCCCCCCCCCCCCC(C)C. The molecule has 5 unspecified atom stereocenters. The highest BCUT2D eigenvalue weighted by atomic mass is 31.2. The molecule has 0 saturated carbocycles. The Morgan fingerprint density at radius 2 is 0.511 bits per heavy atom. The molecular weight excluding hydrogens is 1230 g/mol. The van der Waals surface area contributed by atoms with E-state index in [4.69, 9.17) is 37.0 Å². The van der Waals surface area contributed by atoms with Crippen molar-refractivity contribution in [2.75, 3.05) is 39.6 Å². The van der Waals surface area contributed by atoms with E-state index >= 15 is 0 Å². The molecule has 0 heterocycles. The molecule has 3 N–H and O–H groups in total. The first kappa shape index (κ1) is 92.1. The van der Waals surface area contributed by atoms with Crippen LogP contribution in [-0.4, -0.2) is 96.7 Å². The zero-order chi connectivity index (χ0) is 69.6. The zero-order valence-corrected chi connectivity index (χ0v) is 63.4. The third-order valence-electron chi connectivity index (χ3n) is 18.0. The van der Waals surface area contributed by atoms with Crippen molar-refractivity contribution in [1.29, 1.82) is 0 Å². The molecule has 0 aromatic carbocycles. The summed E-state index contributed by atoms with van der Waals surface area (Å²) in [5, 5.41) is 10.6. The van der Waals surface area contributed by atoms with Crippen LogP contribution < -0.4 is 0 Å². The molecule has 17 nitrogen and oxygen atoms in total. The van der Waals surface area contributed by atoms with Gasteiger partial charge < -0.3 is 33.8 Å². The van der Waals surface area contributed by atoms with Gasteiger partial charge in [0.2, 0.25) is 0 Å². The highest BCUT2D eigenvalue weighted by Gasteiger charge is 2.30. The largest absolute Gasteiger partial charge is 0.472 e. The van der Waals surface area contributed by atoms with Crippen LogP contribution in [0.3, 0.4) is 0 Å². The van der Waals surface area contributed by atoms with Crippen LogP contribution in [-0.2, 0) is 65.4 Å². The lowest BCUT2D eigenvalue weighted by Gasteiger charge is -2.21. The van der Waals surface area contributed by atoms with Gasteiger partial charge in [0.1, 0.15) is 19.3 Å². The summed E-state index contributed by atoms with van der Waals surface area (Å²) >= 11 is 0. The molecule has 0 spiro atoms. The van der Waals surface area contributed by atoms with Gasteiger partial charge >= 0.3 is 39.5 Å². The molecule has 0 aliphatic heterocycles. The van der Waals surface area contributed by atoms with Crippen molar-refractivity contribution in [3.63, 3.8) is 0 Å². The minimum atomic E-state index is -4.96. The Bertz CT molecular complexity index is 1850. The second kappa shape index (κ2) is 64.4. The molecule has 0 aliphatic carbocycles. The minimum absolute atomic E-state index is 0.106. The second-order valence-corrected chi connectivity index (χ2v) is 31.4. The summed E-state index contributed by atoms with van der Waals surface area (Å²) in [5.41, 5.74) is 0. The number of aliphatic hydroxyl groups is 1. The summed E-state index contributed by atoms with van der Waals surface area (Å²) in [6, 6.07) is 0. The van der Waals surface area contributed by atoms with Crippen molar-refractivity contribution < 1.29 is 80.2 Å². The minimum Gasteiger partial charge on any atom is -0.462 e. The summed E-state index contributed by atoms with van der Waals surface area (Å²) in [4.78, 5) is 72.7. The number of ether oxygens (including phenoxy) is 4. The first-order valence-corrected chi connectivity index (χ1v) is 41.8. The van der Waals surface area contributed by atoms with Gasteiger partial charge in [-0.15, -0.1) is 0 Å². The number of carbonyl (C=O) groups is 4. The van der Waals surface area contributed by atoms with E-state index in [1.165, 1.54) is 167 Å². The summed E-state index contributed by atoms with van der Waals surface area (Å²) in [6.07, 6.45) is 48.6. The molecule has 0 radical (unpaired) electrons. The van der Waals surface area contributed by atoms with E-state index < -0.39 is 97.5 Å². The van der Waals surface area contributed by atoms with Crippen LogP contribution in [0.15, 0.2) is 0 Å². The molecule has 558 valence electrons. The topological polar surface area (TPSA) is 237 Å². The average molecular weight is 1380 g/mol. The standard InChI is InChI=1S/C75H146O17P2/c1-9-67(7)53-45-37-29-23-19-15-11-12-16-20-24-30-41-49-57-75(80)92-71(62-86-73(78)56-48-40-34-33-38-46-54-68(8)10-2)64-90-94(83,84)88-60-69(76)59-87-93(81,82)89-63-70(61-85-72(77)55-47-39-32-26-28-36-44-52-66(5)6)91-74(79)58-50-42-31-25-21-17-13-14-18-22-27-35-43-51-65(3)4/h65-71,76H,9-64H2,1-8H3,(H,81,82)(H,83,84)/t67?,68?,69?,70-,71-/m1/s1. The predicted octanol–water partition coefficient (Wildman–Crippen LogP) is 21.7. The first-order valence-electron chi connectivity index (χ1n) is 38.8. The van der Waals surface area contributed by atoms with E-state index in [-0.39, 0.29) is 25.7 Å². The molecular formula is C75H146O17P2. The number of unbranched alkanes of at least 4 members (excludes halogenated alkanes) is 36. The Balaban J connectivity index is 5.22. The number of rotatable bonds is 72. The van der Waals surface area contributed by atoms with Crippen molar-refractivity contribution in [2.45, 2.75) is 395 Å². The Hall–Kier alpha value is -1.94. The lowest BCUT2D eigenvalue weighted by atomic mass is 9.99. The van der Waals surface area contributed by atoms with Gasteiger partial charge in [0, 0.05) is 25.7 Å². The maximum absolute atomic E-state index is 13.1. The number of esters is 4. The molecule has 0 aromatic rings. The predicted molar refractivity (Wildman–Crippen MR) is 381 cm³/mol. The fourth-order valence-electron chi connectivity index (χ4n) is 11.3. The van der Waals surface area contributed by atoms with Gasteiger partial charge in [0.15, 0.2) is 12.2 Å². The molecule has 0 bridgehead atoms. The Kier molecular flexibility index (Phi) is 63.1. The van der Waals surface area contributed by atoms with Crippen molar-refractivity contribution in [1.82, 2.24) is 0 Å². The lowest BCUT2D eigenvalue weighted by Crippen LogP contribution is -2.30. The fraction of sp³-hybridized carbons (Fsp3) is 0.947. The van der Waals surface area contributed by atoms with Gasteiger partial charge in [-0.3, -0.25) is 37.3 Å². The van der Waals surface area contributed by atoms with E-state index in [1.54, 1.807) is 0 Å². The Morgan fingerprint density at radius 1 is 0.298 bits per heavy atom. The van der Waals surface area contributed by atoms with Gasteiger partial charge in [-0.1, -0.05) is 325 Å². The van der Waals surface area contributed by atoms with Crippen LogP contribution in [0, 0.1) is 23.7 Å². The highest BCUT2D eigenvalue weighted by Crippen LogP contribution is 2.45. The summed E-state index contributed by atoms with van der Waals surface area (Å²) in [5.74, 6) is 0.944. The number of aliphatic hydroxyl groups excluding tert-OH is 1. The van der Waals surface area contributed by atoms with Crippen LogP contribution in [0.1, 0.15) is 376 Å². The van der Waals surface area contributed by atoms with Gasteiger partial charge in [0.25, 0.3) is 0 Å². The van der Waals surface area contributed by atoms with Gasteiger partial charge in [-0.2, -0.15) is 0 Å². The van der Waals surface area contributed by atoms with Crippen molar-refractivity contribution >= 4 is 39.5 Å². The second-order valence-electron chi connectivity index (χ2n) is 28.5. The number of hydrogen-bond acceptors (Lipinski definition) is 15. The number of phosphoric acid groups is 2. The molecule has 0 aromatic heterocycles. The molecule has 7 atom stereocenters.